The van der Waals surface area contributed by atoms with E-state index >= 15 is 0 Å². The summed E-state index contributed by atoms with van der Waals surface area (Å²) in [5.41, 5.74) is 0. The zero-order valence-electron chi connectivity index (χ0n) is 11.6. The van der Waals surface area contributed by atoms with Crippen LogP contribution < -0.4 is 0 Å². The molecular formula is C15H28N2O. The highest BCUT2D eigenvalue weighted by atomic mass is 16.2. The molecule has 104 valence electrons. The lowest BCUT2D eigenvalue weighted by atomic mass is 9.90. The Hall–Kier alpha value is -0.120. The van der Waals surface area contributed by atoms with Crippen LogP contribution in [0.2, 0.25) is 0 Å². The van der Waals surface area contributed by atoms with Gasteiger partial charge < -0.3 is 10.0 Å². The van der Waals surface area contributed by atoms with Gasteiger partial charge in [0.05, 0.1) is 0 Å². The van der Waals surface area contributed by atoms with E-state index in [2.05, 4.69) is 9.80 Å². The van der Waals surface area contributed by atoms with Crippen LogP contribution in [0.3, 0.4) is 0 Å². The van der Waals surface area contributed by atoms with Crippen LogP contribution in [0.5, 0.6) is 0 Å². The van der Waals surface area contributed by atoms with Crippen LogP contribution in [0.1, 0.15) is 38.5 Å². The molecule has 0 bridgehead atoms. The number of fused-ring (bicyclic) bond motifs is 3. The molecule has 1 N–H and O–H groups in total. The average molecular weight is 252 g/mol. The first-order valence-electron chi connectivity index (χ1n) is 7.96. The van der Waals surface area contributed by atoms with Gasteiger partial charge >= 0.3 is 0 Å². The van der Waals surface area contributed by atoms with E-state index in [0.29, 0.717) is 6.61 Å². The zero-order chi connectivity index (χ0) is 12.4. The van der Waals surface area contributed by atoms with E-state index in [0.717, 1.165) is 24.3 Å². The maximum absolute atomic E-state index is 8.80. The summed E-state index contributed by atoms with van der Waals surface area (Å²) < 4.78 is 0. The number of rotatable bonds is 5. The lowest BCUT2D eigenvalue weighted by Gasteiger charge is -2.33. The van der Waals surface area contributed by atoms with Gasteiger partial charge in [-0.05, 0) is 57.0 Å². The van der Waals surface area contributed by atoms with Gasteiger partial charge in [-0.1, -0.05) is 6.42 Å². The predicted octanol–water partition coefficient (Wildman–Crippen LogP) is 1.57. The molecule has 3 heteroatoms. The van der Waals surface area contributed by atoms with Crippen molar-refractivity contribution in [2.24, 2.45) is 11.8 Å². The highest BCUT2D eigenvalue weighted by molar-refractivity contribution is 5.00. The Labute approximate surface area is 111 Å². The van der Waals surface area contributed by atoms with Crippen LogP contribution in [0.25, 0.3) is 0 Å². The van der Waals surface area contributed by atoms with Crippen molar-refractivity contribution in [1.82, 2.24) is 9.80 Å². The number of hydrogen-bond donors (Lipinski definition) is 1. The summed E-state index contributed by atoms with van der Waals surface area (Å²) in [6, 6.07) is 0.922. The number of aliphatic hydroxyl groups excluding tert-OH is 1. The zero-order valence-corrected chi connectivity index (χ0v) is 11.6. The number of piperidine rings is 1. The van der Waals surface area contributed by atoms with Crippen molar-refractivity contribution in [1.29, 1.82) is 0 Å². The minimum Gasteiger partial charge on any atom is -0.396 e. The van der Waals surface area contributed by atoms with Crippen LogP contribution in [0, 0.1) is 11.8 Å². The number of unbranched alkanes of at least 4 members (excludes halogenated alkanes) is 2. The van der Waals surface area contributed by atoms with Crippen LogP contribution in [0.4, 0.5) is 0 Å². The number of aliphatic hydroxyl groups is 1. The first kappa shape index (κ1) is 12.9. The van der Waals surface area contributed by atoms with Crippen molar-refractivity contribution in [2.75, 3.05) is 39.3 Å². The normalized spacial score (nSPS) is 36.8. The Morgan fingerprint density at radius 3 is 2.83 bits per heavy atom. The molecule has 3 aliphatic rings. The molecule has 3 heterocycles. The van der Waals surface area contributed by atoms with E-state index < -0.39 is 0 Å². The van der Waals surface area contributed by atoms with Crippen molar-refractivity contribution in [3.05, 3.63) is 0 Å². The Morgan fingerprint density at radius 2 is 1.94 bits per heavy atom. The van der Waals surface area contributed by atoms with Gasteiger partial charge in [-0.15, -0.1) is 0 Å². The van der Waals surface area contributed by atoms with Crippen LogP contribution >= 0.6 is 0 Å². The summed E-state index contributed by atoms with van der Waals surface area (Å²) in [6.07, 6.45) is 7.80. The molecule has 0 aliphatic carbocycles. The van der Waals surface area contributed by atoms with E-state index in [1.165, 1.54) is 64.8 Å². The first-order valence-corrected chi connectivity index (χ1v) is 7.96. The summed E-state index contributed by atoms with van der Waals surface area (Å²) in [4.78, 5) is 5.47. The Morgan fingerprint density at radius 1 is 1.00 bits per heavy atom. The molecule has 18 heavy (non-hydrogen) atoms. The topological polar surface area (TPSA) is 26.7 Å². The predicted molar refractivity (Wildman–Crippen MR) is 73.6 cm³/mol. The smallest absolute Gasteiger partial charge is 0.0431 e. The second-order valence-electron chi connectivity index (χ2n) is 6.53. The van der Waals surface area contributed by atoms with Gasteiger partial charge in [-0.2, -0.15) is 0 Å². The van der Waals surface area contributed by atoms with Gasteiger partial charge in [0.2, 0.25) is 0 Å². The first-order chi connectivity index (χ1) is 8.88. The maximum Gasteiger partial charge on any atom is 0.0431 e. The van der Waals surface area contributed by atoms with E-state index in [-0.39, 0.29) is 0 Å². The van der Waals surface area contributed by atoms with Gasteiger partial charge in [0.1, 0.15) is 0 Å². The van der Waals surface area contributed by atoms with Crippen LogP contribution in [-0.4, -0.2) is 60.3 Å². The highest BCUT2D eigenvalue weighted by Crippen LogP contribution is 2.40. The quantitative estimate of drug-likeness (QED) is 0.752. The Bertz CT molecular complexity index is 271. The second-order valence-corrected chi connectivity index (χ2v) is 6.53. The van der Waals surface area contributed by atoms with Crippen molar-refractivity contribution in [3.63, 3.8) is 0 Å². The molecule has 0 unspecified atom stereocenters. The summed E-state index contributed by atoms with van der Waals surface area (Å²) in [7, 11) is 0. The molecule has 0 aromatic rings. The summed E-state index contributed by atoms with van der Waals surface area (Å²) in [5, 5.41) is 8.80. The van der Waals surface area contributed by atoms with E-state index in [9.17, 15) is 0 Å². The SMILES string of the molecule is OCCCCCN1C[C@@H]2CN3CCCC[C@@H]3[C@H]2C1. The summed E-state index contributed by atoms with van der Waals surface area (Å²) in [6.45, 7) is 7.07. The van der Waals surface area contributed by atoms with Gasteiger partial charge in [-0.3, -0.25) is 4.90 Å². The number of hydrogen-bond acceptors (Lipinski definition) is 3. The van der Waals surface area contributed by atoms with Crippen molar-refractivity contribution >= 4 is 0 Å². The summed E-state index contributed by atoms with van der Waals surface area (Å²) >= 11 is 0. The fourth-order valence-corrected chi connectivity index (χ4v) is 4.45. The lowest BCUT2D eigenvalue weighted by Crippen LogP contribution is -2.39. The molecule has 0 saturated carbocycles. The largest absolute Gasteiger partial charge is 0.396 e. The Kier molecular flexibility index (Phi) is 4.22. The fourth-order valence-electron chi connectivity index (χ4n) is 4.45. The number of nitrogens with zero attached hydrogens (tertiary/aromatic N) is 2. The maximum atomic E-state index is 8.80. The minimum atomic E-state index is 0.363. The second kappa shape index (κ2) is 5.89. The molecule has 3 nitrogen and oxygen atoms in total. The van der Waals surface area contributed by atoms with Gasteiger partial charge in [0, 0.05) is 32.3 Å². The standard InChI is InChI=1S/C15H28N2O/c18-9-5-1-3-7-16-10-13-11-17-8-4-2-6-15(17)14(13)12-16/h13-15,18H,1-12H2/t13-,14+,15-/m1/s1. The lowest BCUT2D eigenvalue weighted by molar-refractivity contribution is 0.153. The molecule has 0 aromatic carbocycles. The van der Waals surface area contributed by atoms with E-state index in [1.807, 2.05) is 0 Å². The molecule has 3 fully saturated rings. The molecular weight excluding hydrogens is 224 g/mol. The van der Waals surface area contributed by atoms with Crippen molar-refractivity contribution < 1.29 is 5.11 Å². The van der Waals surface area contributed by atoms with E-state index in [4.69, 9.17) is 5.11 Å². The monoisotopic (exact) mass is 252 g/mol. The molecule has 0 aromatic heterocycles. The third-order valence-corrected chi connectivity index (χ3v) is 5.33. The van der Waals surface area contributed by atoms with Crippen molar-refractivity contribution in [2.45, 2.75) is 44.6 Å². The fraction of sp³-hybridized carbons (Fsp3) is 1.00. The average Bonchev–Trinajstić information content (AvgIpc) is 2.91. The third-order valence-electron chi connectivity index (χ3n) is 5.33. The molecule has 0 radical (unpaired) electrons. The van der Waals surface area contributed by atoms with E-state index in [1.54, 1.807) is 0 Å². The van der Waals surface area contributed by atoms with Gasteiger partial charge in [0.15, 0.2) is 0 Å². The summed E-state index contributed by atoms with van der Waals surface area (Å²) in [5.74, 6) is 1.94. The Balaban J connectivity index is 1.45. The molecule has 0 amide bonds. The van der Waals surface area contributed by atoms with Crippen LogP contribution in [-0.2, 0) is 0 Å². The van der Waals surface area contributed by atoms with Gasteiger partial charge in [0.25, 0.3) is 0 Å². The van der Waals surface area contributed by atoms with Crippen LogP contribution in [0.15, 0.2) is 0 Å². The highest BCUT2D eigenvalue weighted by Gasteiger charge is 2.46. The molecule has 3 aliphatic heterocycles. The molecule has 3 atom stereocenters. The van der Waals surface area contributed by atoms with Gasteiger partial charge in [-0.25, -0.2) is 0 Å². The third kappa shape index (κ3) is 2.59. The minimum absolute atomic E-state index is 0.363. The molecule has 3 rings (SSSR count). The number of likely N-dealkylation sites (tertiary alicyclic amines) is 1. The molecule has 3 saturated heterocycles. The molecule has 0 spiro atoms. The van der Waals surface area contributed by atoms with Crippen molar-refractivity contribution in [3.8, 4) is 0 Å².